The van der Waals surface area contributed by atoms with Gasteiger partial charge in [-0.3, -0.25) is 0 Å². The zero-order valence-electron chi connectivity index (χ0n) is 26.5. The number of thiophene rings is 1. The highest BCUT2D eigenvalue weighted by Crippen LogP contribution is 2.45. The Hall–Kier alpha value is -6.16. The smallest absolute Gasteiger partial charge is 0.136 e. The standard InChI is InChI=1S/C46H29NOS/c1-2-11-30(12-3-1)31-23-25-33(26-24-31)47(40-19-9-18-37-36(40)27-28-44-46(37)39-16-5-7-22-43(39)49-44)34-14-8-13-32(29-34)35-17-10-21-42-45(35)38-15-4-6-20-41(38)48-42/h1-29H. The highest BCUT2D eigenvalue weighted by molar-refractivity contribution is 7.26. The highest BCUT2D eigenvalue weighted by atomic mass is 32.1. The lowest BCUT2D eigenvalue weighted by atomic mass is 9.98. The molecule has 0 aliphatic heterocycles. The maximum absolute atomic E-state index is 6.28. The molecular weight excluding hydrogens is 615 g/mol. The van der Waals surface area contributed by atoms with Crippen molar-refractivity contribution in [3.05, 3.63) is 176 Å². The Labute approximate surface area is 287 Å². The lowest BCUT2D eigenvalue weighted by molar-refractivity contribution is 0.669. The summed E-state index contributed by atoms with van der Waals surface area (Å²) in [5, 5.41) is 7.40. The van der Waals surface area contributed by atoms with Gasteiger partial charge in [0, 0.05) is 47.7 Å². The molecule has 10 aromatic rings. The summed E-state index contributed by atoms with van der Waals surface area (Å²) >= 11 is 1.86. The van der Waals surface area contributed by atoms with Gasteiger partial charge in [-0.05, 0) is 82.2 Å². The molecular formula is C46H29NOS. The summed E-state index contributed by atoms with van der Waals surface area (Å²) < 4.78 is 8.91. The summed E-state index contributed by atoms with van der Waals surface area (Å²) in [6.45, 7) is 0. The van der Waals surface area contributed by atoms with E-state index in [2.05, 4.69) is 169 Å². The molecule has 2 nitrogen and oxygen atoms in total. The quantitative estimate of drug-likeness (QED) is 0.186. The second-order valence-electron chi connectivity index (χ2n) is 12.5. The molecule has 8 aromatic carbocycles. The summed E-state index contributed by atoms with van der Waals surface area (Å²) in [4.78, 5) is 2.41. The number of furan rings is 1. The predicted octanol–water partition coefficient (Wildman–Crippen LogP) is 13.9. The molecule has 0 aliphatic rings. The molecule has 0 N–H and O–H groups in total. The van der Waals surface area contributed by atoms with Crippen LogP contribution < -0.4 is 4.90 Å². The zero-order chi connectivity index (χ0) is 32.3. The maximum Gasteiger partial charge on any atom is 0.136 e. The van der Waals surface area contributed by atoms with Crippen molar-refractivity contribution in [2.24, 2.45) is 0 Å². The second-order valence-corrected chi connectivity index (χ2v) is 13.6. The maximum atomic E-state index is 6.28. The van der Waals surface area contributed by atoms with Crippen LogP contribution in [0.1, 0.15) is 0 Å². The Morgan fingerprint density at radius 3 is 1.98 bits per heavy atom. The monoisotopic (exact) mass is 643 g/mol. The average molecular weight is 644 g/mol. The first-order valence-electron chi connectivity index (χ1n) is 16.6. The normalized spacial score (nSPS) is 11.7. The largest absolute Gasteiger partial charge is 0.456 e. The third kappa shape index (κ3) is 4.55. The molecule has 0 bridgehead atoms. The molecule has 49 heavy (non-hydrogen) atoms. The van der Waals surface area contributed by atoms with Crippen LogP contribution in [-0.4, -0.2) is 0 Å². The predicted molar refractivity (Wildman–Crippen MR) is 210 cm³/mol. The fourth-order valence-electron chi connectivity index (χ4n) is 7.45. The van der Waals surface area contributed by atoms with Crippen molar-refractivity contribution in [1.29, 1.82) is 0 Å². The van der Waals surface area contributed by atoms with E-state index in [0.717, 1.165) is 50.1 Å². The number of hydrogen-bond acceptors (Lipinski definition) is 3. The number of para-hydroxylation sites is 1. The summed E-state index contributed by atoms with van der Waals surface area (Å²) in [5.74, 6) is 0. The highest BCUT2D eigenvalue weighted by Gasteiger charge is 2.19. The summed E-state index contributed by atoms with van der Waals surface area (Å²) in [6, 6.07) is 63.2. The molecule has 230 valence electrons. The van der Waals surface area contributed by atoms with Crippen molar-refractivity contribution in [2.75, 3.05) is 4.90 Å². The van der Waals surface area contributed by atoms with Crippen molar-refractivity contribution < 1.29 is 4.42 Å². The fourth-order valence-corrected chi connectivity index (χ4v) is 8.57. The second kappa shape index (κ2) is 11.2. The Balaban J connectivity index is 1.20. The van der Waals surface area contributed by atoms with Gasteiger partial charge in [-0.25, -0.2) is 0 Å². The van der Waals surface area contributed by atoms with Crippen LogP contribution in [0.2, 0.25) is 0 Å². The first-order valence-corrected chi connectivity index (χ1v) is 17.4. The van der Waals surface area contributed by atoms with E-state index >= 15 is 0 Å². The third-order valence-corrected chi connectivity index (χ3v) is 10.8. The molecule has 0 spiro atoms. The zero-order valence-corrected chi connectivity index (χ0v) is 27.3. The van der Waals surface area contributed by atoms with E-state index in [1.807, 2.05) is 23.5 Å². The molecule has 2 aromatic heterocycles. The van der Waals surface area contributed by atoms with Crippen LogP contribution in [0.4, 0.5) is 17.1 Å². The van der Waals surface area contributed by atoms with Gasteiger partial charge >= 0.3 is 0 Å². The first-order chi connectivity index (χ1) is 24.3. The minimum atomic E-state index is 0.901. The molecule has 0 unspecified atom stereocenters. The Bertz CT molecular complexity index is 2830. The average Bonchev–Trinajstić information content (AvgIpc) is 3.75. The van der Waals surface area contributed by atoms with Gasteiger partial charge in [-0.1, -0.05) is 121 Å². The van der Waals surface area contributed by atoms with Gasteiger partial charge in [0.1, 0.15) is 11.2 Å². The molecule has 0 saturated heterocycles. The number of hydrogen-bond donors (Lipinski definition) is 0. The Kier molecular flexibility index (Phi) is 6.39. The van der Waals surface area contributed by atoms with Crippen molar-refractivity contribution >= 4 is 81.3 Å². The van der Waals surface area contributed by atoms with Crippen LogP contribution in [-0.2, 0) is 0 Å². The minimum absolute atomic E-state index is 0.901. The Morgan fingerprint density at radius 1 is 0.388 bits per heavy atom. The topological polar surface area (TPSA) is 16.4 Å². The van der Waals surface area contributed by atoms with Crippen LogP contribution in [0, 0.1) is 0 Å². The Morgan fingerprint density at radius 2 is 1.08 bits per heavy atom. The van der Waals surface area contributed by atoms with Crippen molar-refractivity contribution in [2.45, 2.75) is 0 Å². The molecule has 0 atom stereocenters. The minimum Gasteiger partial charge on any atom is -0.456 e. The van der Waals surface area contributed by atoms with Gasteiger partial charge in [0.2, 0.25) is 0 Å². The first kappa shape index (κ1) is 27.9. The van der Waals surface area contributed by atoms with E-state index < -0.39 is 0 Å². The van der Waals surface area contributed by atoms with Crippen molar-refractivity contribution in [3.63, 3.8) is 0 Å². The van der Waals surface area contributed by atoms with E-state index in [0.29, 0.717) is 0 Å². The summed E-state index contributed by atoms with van der Waals surface area (Å²) in [6.07, 6.45) is 0. The van der Waals surface area contributed by atoms with E-state index in [-0.39, 0.29) is 0 Å². The van der Waals surface area contributed by atoms with E-state index in [1.54, 1.807) is 0 Å². The number of nitrogens with zero attached hydrogens (tertiary/aromatic N) is 1. The van der Waals surface area contributed by atoms with Gasteiger partial charge in [-0.15, -0.1) is 11.3 Å². The van der Waals surface area contributed by atoms with E-state index in [1.165, 1.54) is 42.1 Å². The van der Waals surface area contributed by atoms with Crippen LogP contribution in [0.25, 0.3) is 75.1 Å². The van der Waals surface area contributed by atoms with E-state index in [9.17, 15) is 0 Å². The molecule has 0 aliphatic carbocycles. The van der Waals surface area contributed by atoms with Gasteiger partial charge in [0.05, 0.1) is 5.69 Å². The van der Waals surface area contributed by atoms with Gasteiger partial charge in [0.25, 0.3) is 0 Å². The van der Waals surface area contributed by atoms with E-state index in [4.69, 9.17) is 4.42 Å². The molecule has 0 amide bonds. The van der Waals surface area contributed by atoms with Gasteiger partial charge < -0.3 is 9.32 Å². The molecule has 0 fully saturated rings. The lowest BCUT2D eigenvalue weighted by Gasteiger charge is -2.28. The van der Waals surface area contributed by atoms with Crippen LogP contribution in [0.15, 0.2) is 180 Å². The van der Waals surface area contributed by atoms with Crippen molar-refractivity contribution in [1.82, 2.24) is 0 Å². The van der Waals surface area contributed by atoms with Crippen LogP contribution >= 0.6 is 11.3 Å². The molecule has 0 radical (unpaired) electrons. The van der Waals surface area contributed by atoms with Crippen molar-refractivity contribution in [3.8, 4) is 22.3 Å². The van der Waals surface area contributed by atoms with Gasteiger partial charge in [-0.2, -0.15) is 0 Å². The number of rotatable bonds is 5. The SMILES string of the molecule is c1ccc(-c2ccc(N(c3cccc(-c4cccc5oc6ccccc6c45)c3)c3cccc4c3ccc3sc5ccccc5c34)cc2)cc1. The summed E-state index contributed by atoms with van der Waals surface area (Å²) in [5.41, 5.74) is 9.86. The lowest BCUT2D eigenvalue weighted by Crippen LogP contribution is -2.10. The van der Waals surface area contributed by atoms with Crippen LogP contribution in [0.5, 0.6) is 0 Å². The molecule has 10 rings (SSSR count). The third-order valence-electron chi connectivity index (χ3n) is 9.67. The number of fused-ring (bicyclic) bond motifs is 8. The van der Waals surface area contributed by atoms with Gasteiger partial charge in [0.15, 0.2) is 0 Å². The fraction of sp³-hybridized carbons (Fsp3) is 0. The van der Waals surface area contributed by atoms with Crippen LogP contribution in [0.3, 0.4) is 0 Å². The number of anilines is 3. The summed E-state index contributed by atoms with van der Waals surface area (Å²) in [7, 11) is 0. The molecule has 0 saturated carbocycles. The molecule has 2 heterocycles. The molecule has 3 heteroatoms. The number of benzene rings is 8.